The zero-order chi connectivity index (χ0) is 19.2. The molecule has 9 heteroatoms. The van der Waals surface area contributed by atoms with Crippen LogP contribution in [0.4, 0.5) is 4.79 Å². The summed E-state index contributed by atoms with van der Waals surface area (Å²) >= 11 is 0. The highest BCUT2D eigenvalue weighted by atomic mass is 31.2. The van der Waals surface area contributed by atoms with Crippen LogP contribution in [0.5, 0.6) is 0 Å². The lowest BCUT2D eigenvalue weighted by molar-refractivity contribution is 0.143. The minimum atomic E-state index is -4.64. The SMILES string of the molecule is NCCNC(=O)OCC1c2ccccc2-c2ccccc21.O=P(O)(O)O. The second-order valence-electron chi connectivity index (χ2n) is 5.55. The normalized spacial score (nSPS) is 12.5. The van der Waals surface area contributed by atoms with E-state index in [0.29, 0.717) is 19.7 Å². The molecule has 1 amide bonds. The van der Waals surface area contributed by atoms with Gasteiger partial charge in [0.05, 0.1) is 0 Å². The average Bonchev–Trinajstić information content (AvgIpc) is 2.91. The molecule has 0 saturated carbocycles. The van der Waals surface area contributed by atoms with Crippen LogP contribution in [0, 0.1) is 0 Å². The molecule has 140 valence electrons. The van der Waals surface area contributed by atoms with E-state index in [-0.39, 0.29) is 5.92 Å². The van der Waals surface area contributed by atoms with Gasteiger partial charge >= 0.3 is 13.9 Å². The summed E-state index contributed by atoms with van der Waals surface area (Å²) in [6, 6.07) is 16.5. The van der Waals surface area contributed by atoms with Gasteiger partial charge in [0.25, 0.3) is 0 Å². The van der Waals surface area contributed by atoms with Gasteiger partial charge in [0.1, 0.15) is 6.61 Å². The van der Waals surface area contributed by atoms with Gasteiger partial charge in [-0.2, -0.15) is 0 Å². The lowest BCUT2D eigenvalue weighted by atomic mass is 9.98. The van der Waals surface area contributed by atoms with Crippen LogP contribution in [0.3, 0.4) is 0 Å². The van der Waals surface area contributed by atoms with E-state index in [1.165, 1.54) is 22.3 Å². The number of ether oxygens (including phenoxy) is 1. The second kappa shape index (κ2) is 8.93. The Labute approximate surface area is 150 Å². The molecule has 0 saturated heterocycles. The minimum Gasteiger partial charge on any atom is -0.449 e. The Morgan fingerprint density at radius 2 is 1.50 bits per heavy atom. The summed E-state index contributed by atoms with van der Waals surface area (Å²) in [6.07, 6.45) is -0.415. The Bertz CT molecular complexity index is 754. The van der Waals surface area contributed by atoms with Crippen molar-refractivity contribution in [2.24, 2.45) is 5.73 Å². The molecule has 6 N–H and O–H groups in total. The molecule has 1 aliphatic rings. The second-order valence-corrected chi connectivity index (χ2v) is 6.58. The third-order valence-corrected chi connectivity index (χ3v) is 3.76. The van der Waals surface area contributed by atoms with Gasteiger partial charge in [-0.05, 0) is 22.3 Å². The topological polar surface area (TPSA) is 142 Å². The standard InChI is InChI=1S/C17H18N2O2.H3O4P/c18-9-10-19-17(20)21-11-16-14-7-3-1-5-12(14)13-6-2-4-8-15(13)16;1-5(2,3)4/h1-8,16H,9-11,18H2,(H,19,20);(H3,1,2,3,4). The number of benzene rings is 2. The van der Waals surface area contributed by atoms with Crippen molar-refractivity contribution in [1.82, 2.24) is 5.32 Å². The van der Waals surface area contributed by atoms with Crippen molar-refractivity contribution in [1.29, 1.82) is 0 Å². The number of hydrogen-bond donors (Lipinski definition) is 5. The number of alkyl carbamates (subject to hydrolysis) is 1. The van der Waals surface area contributed by atoms with E-state index in [1.807, 2.05) is 24.3 Å². The number of hydrogen-bond acceptors (Lipinski definition) is 4. The molecule has 0 spiro atoms. The lowest BCUT2D eigenvalue weighted by Crippen LogP contribution is -2.30. The number of rotatable bonds is 4. The predicted molar refractivity (Wildman–Crippen MR) is 96.4 cm³/mol. The van der Waals surface area contributed by atoms with Crippen molar-refractivity contribution >= 4 is 13.9 Å². The first kappa shape index (κ1) is 20.1. The van der Waals surface area contributed by atoms with Gasteiger partial charge in [-0.1, -0.05) is 48.5 Å². The quantitative estimate of drug-likeness (QED) is 0.507. The molecular formula is C17H21N2O6P. The fourth-order valence-electron chi connectivity index (χ4n) is 2.82. The van der Waals surface area contributed by atoms with Gasteiger partial charge in [0.15, 0.2) is 0 Å². The van der Waals surface area contributed by atoms with E-state index in [2.05, 4.69) is 29.6 Å². The minimum absolute atomic E-state index is 0.0982. The molecule has 26 heavy (non-hydrogen) atoms. The number of carbonyl (C=O) groups excluding carboxylic acids is 1. The van der Waals surface area contributed by atoms with Crippen LogP contribution in [0.1, 0.15) is 17.0 Å². The molecule has 0 aliphatic heterocycles. The van der Waals surface area contributed by atoms with Gasteiger partial charge in [-0.3, -0.25) is 0 Å². The number of carbonyl (C=O) groups is 1. The number of nitrogens with two attached hydrogens (primary N) is 1. The third kappa shape index (κ3) is 5.66. The molecule has 0 fully saturated rings. The van der Waals surface area contributed by atoms with E-state index < -0.39 is 13.9 Å². The zero-order valence-electron chi connectivity index (χ0n) is 13.9. The van der Waals surface area contributed by atoms with Crippen molar-refractivity contribution in [3.8, 4) is 11.1 Å². The maximum atomic E-state index is 11.6. The molecule has 1 aliphatic carbocycles. The first-order valence-corrected chi connectivity index (χ1v) is 9.45. The Balaban J connectivity index is 0.000000431. The Morgan fingerprint density at radius 1 is 1.04 bits per heavy atom. The summed E-state index contributed by atoms with van der Waals surface area (Å²) in [7, 11) is -4.64. The van der Waals surface area contributed by atoms with Crippen LogP contribution in [-0.2, 0) is 9.30 Å². The van der Waals surface area contributed by atoms with Crippen LogP contribution in [0.25, 0.3) is 11.1 Å². The highest BCUT2D eigenvalue weighted by Crippen LogP contribution is 2.44. The molecule has 0 atom stereocenters. The third-order valence-electron chi connectivity index (χ3n) is 3.76. The lowest BCUT2D eigenvalue weighted by Gasteiger charge is -2.14. The predicted octanol–water partition coefficient (Wildman–Crippen LogP) is 1.56. The molecule has 0 unspecified atom stereocenters. The van der Waals surface area contributed by atoms with Gasteiger partial charge in [-0.25, -0.2) is 9.36 Å². The van der Waals surface area contributed by atoms with Gasteiger partial charge in [-0.15, -0.1) is 0 Å². The maximum absolute atomic E-state index is 11.6. The Morgan fingerprint density at radius 3 is 1.96 bits per heavy atom. The summed E-state index contributed by atoms with van der Waals surface area (Å²) in [5.41, 5.74) is 10.2. The Kier molecular flexibility index (Phi) is 6.90. The van der Waals surface area contributed by atoms with E-state index >= 15 is 0 Å². The molecule has 0 aromatic heterocycles. The average molecular weight is 380 g/mol. The Hall–Kier alpha value is -2.22. The maximum Gasteiger partial charge on any atom is 0.466 e. The van der Waals surface area contributed by atoms with Gasteiger partial charge in [0.2, 0.25) is 0 Å². The number of nitrogens with one attached hydrogen (secondary N) is 1. The zero-order valence-corrected chi connectivity index (χ0v) is 14.8. The number of amides is 1. The van der Waals surface area contributed by atoms with Crippen LogP contribution >= 0.6 is 7.82 Å². The van der Waals surface area contributed by atoms with E-state index in [1.54, 1.807) is 0 Å². The fraction of sp³-hybridized carbons (Fsp3) is 0.235. The summed E-state index contributed by atoms with van der Waals surface area (Å²) in [5.74, 6) is 0.0982. The van der Waals surface area contributed by atoms with Gasteiger partial charge < -0.3 is 30.5 Å². The van der Waals surface area contributed by atoms with Crippen molar-refractivity contribution < 1.29 is 28.8 Å². The first-order chi connectivity index (χ1) is 12.3. The molecule has 3 rings (SSSR count). The first-order valence-electron chi connectivity index (χ1n) is 7.88. The van der Waals surface area contributed by atoms with E-state index in [4.69, 9.17) is 29.7 Å². The van der Waals surface area contributed by atoms with Crippen LogP contribution < -0.4 is 11.1 Å². The van der Waals surface area contributed by atoms with E-state index in [0.717, 1.165) is 0 Å². The molecule has 2 aromatic rings. The summed E-state index contributed by atoms with van der Waals surface area (Å²) in [6.45, 7) is 1.17. The van der Waals surface area contributed by atoms with Crippen LogP contribution in [0.2, 0.25) is 0 Å². The highest BCUT2D eigenvalue weighted by molar-refractivity contribution is 7.45. The summed E-state index contributed by atoms with van der Waals surface area (Å²) < 4.78 is 14.2. The summed E-state index contributed by atoms with van der Waals surface area (Å²) in [5, 5.41) is 2.62. The summed E-state index contributed by atoms with van der Waals surface area (Å²) in [4.78, 5) is 33.2. The van der Waals surface area contributed by atoms with Crippen molar-refractivity contribution in [3.63, 3.8) is 0 Å². The molecule has 0 bridgehead atoms. The van der Waals surface area contributed by atoms with Crippen molar-refractivity contribution in [2.75, 3.05) is 19.7 Å². The molecule has 8 nitrogen and oxygen atoms in total. The molecular weight excluding hydrogens is 359 g/mol. The molecule has 0 heterocycles. The highest BCUT2D eigenvalue weighted by Gasteiger charge is 2.28. The number of phosphoric acid groups is 1. The van der Waals surface area contributed by atoms with Crippen LogP contribution in [-0.4, -0.2) is 40.5 Å². The molecule has 2 aromatic carbocycles. The molecule has 0 radical (unpaired) electrons. The van der Waals surface area contributed by atoms with Crippen molar-refractivity contribution in [2.45, 2.75) is 5.92 Å². The monoisotopic (exact) mass is 380 g/mol. The smallest absolute Gasteiger partial charge is 0.449 e. The largest absolute Gasteiger partial charge is 0.466 e. The van der Waals surface area contributed by atoms with Gasteiger partial charge in [0, 0.05) is 19.0 Å². The van der Waals surface area contributed by atoms with Crippen molar-refractivity contribution in [3.05, 3.63) is 59.7 Å². The van der Waals surface area contributed by atoms with E-state index in [9.17, 15) is 4.79 Å². The fourth-order valence-corrected chi connectivity index (χ4v) is 2.82. The van der Waals surface area contributed by atoms with Crippen LogP contribution in [0.15, 0.2) is 48.5 Å². The number of fused-ring (bicyclic) bond motifs is 3.